The third-order valence-corrected chi connectivity index (χ3v) is 6.98. The minimum Gasteiger partial charge on any atom is -0.343 e. The Bertz CT molecular complexity index is 984. The van der Waals surface area contributed by atoms with Crippen LogP contribution in [0, 0.1) is 5.92 Å². The number of ketones is 1. The first-order valence-corrected chi connectivity index (χ1v) is 11.8. The number of nitrogens with zero attached hydrogens (tertiary/aromatic N) is 2. The predicted octanol–water partition coefficient (Wildman–Crippen LogP) is 4.57. The summed E-state index contributed by atoms with van der Waals surface area (Å²) in [4.78, 5) is 41.0. The lowest BCUT2D eigenvalue weighted by Gasteiger charge is -2.31. The molecule has 1 fully saturated rings. The smallest absolute Gasteiger partial charge is 0.253 e. The van der Waals surface area contributed by atoms with Gasteiger partial charge in [-0.05, 0) is 67.3 Å². The fourth-order valence-corrected chi connectivity index (χ4v) is 4.88. The lowest BCUT2D eigenvalue weighted by Crippen LogP contribution is -2.37. The first-order chi connectivity index (χ1) is 15.5. The van der Waals surface area contributed by atoms with E-state index in [-0.39, 0.29) is 30.0 Å². The Hall–Kier alpha value is -2.66. The largest absolute Gasteiger partial charge is 0.343 e. The molecular formula is C27H33ClN2O3. The van der Waals surface area contributed by atoms with Crippen LogP contribution in [-0.2, 0) is 17.6 Å². The van der Waals surface area contributed by atoms with E-state index in [2.05, 4.69) is 6.07 Å². The van der Waals surface area contributed by atoms with Crippen LogP contribution < -0.4 is 0 Å². The maximum atomic E-state index is 12.9. The number of piperidine rings is 1. The van der Waals surface area contributed by atoms with E-state index >= 15 is 0 Å². The molecule has 2 aromatic carbocycles. The van der Waals surface area contributed by atoms with Crippen molar-refractivity contribution in [1.82, 2.24) is 9.80 Å². The molecule has 0 spiro atoms. The van der Waals surface area contributed by atoms with Crippen LogP contribution in [0.1, 0.15) is 64.4 Å². The van der Waals surface area contributed by atoms with Crippen molar-refractivity contribution in [2.75, 3.05) is 26.2 Å². The molecular weight excluding hydrogens is 436 g/mol. The summed E-state index contributed by atoms with van der Waals surface area (Å²) in [6.45, 7) is 4.62. The highest BCUT2D eigenvalue weighted by Crippen LogP contribution is 2.24. The lowest BCUT2D eigenvalue weighted by molar-refractivity contribution is -0.130. The third-order valence-electron chi connectivity index (χ3n) is 6.98. The Labute approximate surface area is 202 Å². The summed E-state index contributed by atoms with van der Waals surface area (Å²) in [6.07, 6.45) is 5.02. The zero-order valence-corrected chi connectivity index (χ0v) is 20.1. The quantitative estimate of drug-likeness (QED) is 0.604. The molecule has 0 aliphatic carbocycles. The molecule has 0 saturated carbocycles. The third kappa shape index (κ3) is 6.23. The van der Waals surface area contributed by atoms with Crippen LogP contribution in [0.4, 0.5) is 0 Å². The zero-order chi connectivity index (χ0) is 22.5. The van der Waals surface area contributed by atoms with E-state index in [1.54, 1.807) is 6.92 Å². The van der Waals surface area contributed by atoms with Crippen LogP contribution in [0.3, 0.4) is 0 Å². The summed E-state index contributed by atoms with van der Waals surface area (Å²) in [6, 6.07) is 15.5. The molecule has 6 heteroatoms. The van der Waals surface area contributed by atoms with Gasteiger partial charge in [-0.25, -0.2) is 0 Å². The summed E-state index contributed by atoms with van der Waals surface area (Å²) in [7, 11) is 0. The second kappa shape index (κ2) is 11.5. The highest BCUT2D eigenvalue weighted by molar-refractivity contribution is 5.96. The van der Waals surface area contributed by atoms with Gasteiger partial charge in [-0.1, -0.05) is 30.3 Å². The average Bonchev–Trinajstić information content (AvgIpc) is 3.05. The first-order valence-electron chi connectivity index (χ1n) is 11.8. The molecule has 2 aromatic rings. The normalized spacial score (nSPS) is 16.4. The van der Waals surface area contributed by atoms with E-state index in [4.69, 9.17) is 0 Å². The van der Waals surface area contributed by atoms with Gasteiger partial charge in [-0.15, -0.1) is 12.4 Å². The van der Waals surface area contributed by atoms with Crippen LogP contribution in [0.25, 0.3) is 0 Å². The van der Waals surface area contributed by atoms with Crippen molar-refractivity contribution in [3.05, 3.63) is 70.8 Å². The topological polar surface area (TPSA) is 57.7 Å². The van der Waals surface area contributed by atoms with Crippen molar-refractivity contribution in [2.24, 2.45) is 5.92 Å². The van der Waals surface area contributed by atoms with Gasteiger partial charge in [0.1, 0.15) is 0 Å². The van der Waals surface area contributed by atoms with Crippen molar-refractivity contribution >= 4 is 30.0 Å². The molecule has 33 heavy (non-hydrogen) atoms. The number of carbonyl (C=O) groups is 3. The number of hydrogen-bond acceptors (Lipinski definition) is 3. The number of rotatable bonds is 5. The van der Waals surface area contributed by atoms with Gasteiger partial charge < -0.3 is 9.80 Å². The van der Waals surface area contributed by atoms with Crippen molar-refractivity contribution in [2.45, 2.75) is 45.4 Å². The molecule has 2 heterocycles. The van der Waals surface area contributed by atoms with Crippen LogP contribution in [-0.4, -0.2) is 53.6 Å². The Morgan fingerprint density at radius 2 is 1.48 bits per heavy atom. The van der Waals surface area contributed by atoms with E-state index in [1.165, 1.54) is 11.1 Å². The van der Waals surface area contributed by atoms with E-state index in [1.807, 2.05) is 52.3 Å². The second-order valence-corrected chi connectivity index (χ2v) is 9.05. The van der Waals surface area contributed by atoms with Crippen molar-refractivity contribution < 1.29 is 14.4 Å². The molecule has 0 aromatic heterocycles. The summed E-state index contributed by atoms with van der Waals surface area (Å²) < 4.78 is 0. The SMILES string of the molecule is CC(=O)N1CCC(CCC(=O)c2ccc3c(c2)CCN(C(=O)c2ccccc2)CC3)CC1.Cl. The summed E-state index contributed by atoms with van der Waals surface area (Å²) in [5.74, 6) is 0.940. The Balaban J connectivity index is 0.00000306. The molecule has 2 aliphatic heterocycles. The fraction of sp³-hybridized carbons (Fsp3) is 0.444. The number of likely N-dealkylation sites (tertiary alicyclic amines) is 1. The Morgan fingerprint density at radius 3 is 2.15 bits per heavy atom. The van der Waals surface area contributed by atoms with Crippen molar-refractivity contribution in [1.29, 1.82) is 0 Å². The van der Waals surface area contributed by atoms with Crippen molar-refractivity contribution in [3.63, 3.8) is 0 Å². The molecule has 5 nitrogen and oxygen atoms in total. The monoisotopic (exact) mass is 468 g/mol. The average molecular weight is 469 g/mol. The molecule has 0 unspecified atom stereocenters. The molecule has 1 saturated heterocycles. The summed E-state index contributed by atoms with van der Waals surface area (Å²) in [5.41, 5.74) is 3.94. The molecule has 0 N–H and O–H groups in total. The molecule has 2 amide bonds. The van der Waals surface area contributed by atoms with Gasteiger partial charge in [-0.2, -0.15) is 0 Å². The van der Waals surface area contributed by atoms with E-state index in [0.29, 0.717) is 25.4 Å². The zero-order valence-electron chi connectivity index (χ0n) is 19.3. The van der Waals surface area contributed by atoms with E-state index < -0.39 is 0 Å². The summed E-state index contributed by atoms with van der Waals surface area (Å²) >= 11 is 0. The molecule has 4 rings (SSSR count). The molecule has 2 aliphatic rings. The Kier molecular flexibility index (Phi) is 8.67. The number of hydrogen-bond donors (Lipinski definition) is 0. The predicted molar refractivity (Wildman–Crippen MR) is 132 cm³/mol. The minimum atomic E-state index is 0. The number of benzene rings is 2. The van der Waals surface area contributed by atoms with E-state index in [9.17, 15) is 14.4 Å². The molecule has 0 atom stereocenters. The lowest BCUT2D eigenvalue weighted by atomic mass is 9.89. The highest BCUT2D eigenvalue weighted by atomic mass is 35.5. The highest BCUT2D eigenvalue weighted by Gasteiger charge is 2.23. The van der Waals surface area contributed by atoms with Gasteiger partial charge >= 0.3 is 0 Å². The minimum absolute atomic E-state index is 0. The van der Waals surface area contributed by atoms with Gasteiger partial charge in [0.2, 0.25) is 5.91 Å². The van der Waals surface area contributed by atoms with Gasteiger partial charge in [-0.3, -0.25) is 14.4 Å². The van der Waals surface area contributed by atoms with Crippen LogP contribution >= 0.6 is 12.4 Å². The number of amides is 2. The number of halogens is 1. The fourth-order valence-electron chi connectivity index (χ4n) is 4.88. The van der Waals surface area contributed by atoms with Crippen LogP contribution in [0.2, 0.25) is 0 Å². The van der Waals surface area contributed by atoms with Crippen molar-refractivity contribution in [3.8, 4) is 0 Å². The van der Waals surface area contributed by atoms with Gasteiger partial charge in [0.25, 0.3) is 5.91 Å². The maximum Gasteiger partial charge on any atom is 0.253 e. The van der Waals surface area contributed by atoms with Gasteiger partial charge in [0.15, 0.2) is 5.78 Å². The first kappa shape index (κ1) is 25.0. The second-order valence-electron chi connectivity index (χ2n) is 9.05. The Morgan fingerprint density at radius 1 is 0.818 bits per heavy atom. The number of carbonyl (C=O) groups excluding carboxylic acids is 3. The molecule has 0 radical (unpaired) electrons. The number of fused-ring (bicyclic) bond motifs is 1. The summed E-state index contributed by atoms with van der Waals surface area (Å²) in [5, 5.41) is 0. The molecule has 0 bridgehead atoms. The van der Waals surface area contributed by atoms with Gasteiger partial charge in [0, 0.05) is 50.7 Å². The standard InChI is InChI=1S/C27H32N2O3.ClH/c1-20(30)28-15-11-21(12-16-28)7-10-26(31)25-9-8-22-13-17-29(18-14-24(22)19-25)27(32)23-5-3-2-4-6-23;/h2-6,8-9,19,21H,7,10-18H2,1H3;1H. The molecule has 176 valence electrons. The van der Waals surface area contributed by atoms with E-state index in [0.717, 1.165) is 56.3 Å². The van der Waals surface area contributed by atoms with Crippen LogP contribution in [0.5, 0.6) is 0 Å². The maximum absolute atomic E-state index is 12.9. The van der Waals surface area contributed by atoms with Gasteiger partial charge in [0.05, 0.1) is 0 Å². The van der Waals surface area contributed by atoms with Crippen LogP contribution in [0.15, 0.2) is 48.5 Å². The number of Topliss-reactive ketones (excluding diaryl/α,β-unsaturated/α-hetero) is 1.